The molecule has 2 spiro atoms. The van der Waals surface area contributed by atoms with Gasteiger partial charge in [0.2, 0.25) is 0 Å². The van der Waals surface area contributed by atoms with E-state index < -0.39 is 36.1 Å². The van der Waals surface area contributed by atoms with Gasteiger partial charge in [-0.3, -0.25) is 0 Å². The molecule has 2 amide bonds. The molecule has 2 N–H and O–H groups in total. The third-order valence-electron chi connectivity index (χ3n) is 10.6. The fraction of sp³-hybridized carbons (Fsp3) is 0.611. The zero-order valence-electron chi connectivity index (χ0n) is 28.9. The van der Waals surface area contributed by atoms with Crippen molar-refractivity contribution in [1.29, 1.82) is 0 Å². The summed E-state index contributed by atoms with van der Waals surface area (Å²) >= 11 is 0. The molecular formula is C36H44F6N2O8. The van der Waals surface area contributed by atoms with Crippen molar-refractivity contribution in [2.24, 2.45) is 0 Å². The third kappa shape index (κ3) is 10.1. The number of hydrogen-bond donors (Lipinski definition) is 2. The number of ether oxygens (including phenoxy) is 4. The van der Waals surface area contributed by atoms with Crippen LogP contribution in [0, 0.1) is 0 Å². The highest BCUT2D eigenvalue weighted by Gasteiger charge is 2.45. The molecule has 2 aromatic carbocycles. The molecule has 4 aliphatic rings. The van der Waals surface area contributed by atoms with E-state index in [-0.39, 0.29) is 35.8 Å². The monoisotopic (exact) mass is 746 g/mol. The second-order valence-electron chi connectivity index (χ2n) is 14.0. The van der Waals surface area contributed by atoms with Gasteiger partial charge in [-0.1, -0.05) is 24.3 Å². The first kappa shape index (κ1) is 39.3. The molecule has 2 saturated heterocycles. The molecule has 2 saturated carbocycles. The highest BCUT2D eigenvalue weighted by molar-refractivity contribution is 5.70. The zero-order chi connectivity index (χ0) is 37.9. The van der Waals surface area contributed by atoms with Gasteiger partial charge in [-0.15, -0.1) is 26.3 Å². The molecule has 10 nitrogen and oxygen atoms in total. The van der Waals surface area contributed by atoms with Gasteiger partial charge in [-0.25, -0.2) is 9.59 Å². The Hall–Kier alpha value is -3.92. The van der Waals surface area contributed by atoms with Crippen molar-refractivity contribution in [2.75, 3.05) is 13.1 Å². The van der Waals surface area contributed by atoms with E-state index in [9.17, 15) is 46.1 Å². The fourth-order valence-corrected chi connectivity index (χ4v) is 7.34. The molecule has 2 aliphatic heterocycles. The van der Waals surface area contributed by atoms with Gasteiger partial charge in [0.25, 0.3) is 0 Å². The topological polar surface area (TPSA) is 118 Å². The summed E-state index contributed by atoms with van der Waals surface area (Å²) in [6, 6.07) is 10.3. The van der Waals surface area contributed by atoms with Crippen molar-refractivity contribution in [2.45, 2.75) is 126 Å². The zero-order valence-corrected chi connectivity index (χ0v) is 28.9. The Morgan fingerprint density at radius 1 is 0.615 bits per heavy atom. The smallest absolute Gasteiger partial charge is 0.443 e. The summed E-state index contributed by atoms with van der Waals surface area (Å²) in [7, 11) is 0. The number of nitrogens with zero attached hydrogens (tertiary/aromatic N) is 2. The van der Waals surface area contributed by atoms with Gasteiger partial charge >= 0.3 is 24.9 Å². The van der Waals surface area contributed by atoms with Crippen LogP contribution in [0.3, 0.4) is 0 Å². The van der Waals surface area contributed by atoms with Crippen molar-refractivity contribution in [3.63, 3.8) is 0 Å². The van der Waals surface area contributed by atoms with Crippen molar-refractivity contribution in [1.82, 2.24) is 9.80 Å². The number of halogens is 6. The lowest BCUT2D eigenvalue weighted by Crippen LogP contribution is -2.52. The standard InChI is InChI=1S/2C18H22F3NO4/c2*1-12(13-2-4-15(5-3-13)25-18(19,20)21)22-11-10-17(26-16(22)24)8-6-14(23)7-9-17/h2*2-5,12,14,23H,6-11H2,1H3/t2*12-,14?,17?/m00/s1. The van der Waals surface area contributed by atoms with E-state index in [0.29, 0.717) is 88.4 Å². The summed E-state index contributed by atoms with van der Waals surface area (Å²) in [4.78, 5) is 28.1. The first-order valence-corrected chi connectivity index (χ1v) is 17.4. The number of alkyl halides is 6. The lowest BCUT2D eigenvalue weighted by atomic mass is 9.80. The average molecular weight is 747 g/mol. The summed E-state index contributed by atoms with van der Waals surface area (Å²) in [5.74, 6) is -0.594. The third-order valence-corrected chi connectivity index (χ3v) is 10.6. The lowest BCUT2D eigenvalue weighted by molar-refractivity contribution is -0.275. The minimum absolute atomic E-state index is 0.297. The Bertz CT molecular complexity index is 1390. The number of aliphatic hydroxyl groups is 2. The van der Waals surface area contributed by atoms with Crippen LogP contribution in [0.5, 0.6) is 11.5 Å². The maximum absolute atomic E-state index is 12.5. The van der Waals surface area contributed by atoms with E-state index >= 15 is 0 Å². The van der Waals surface area contributed by atoms with Crippen LogP contribution in [0.1, 0.15) is 101 Å². The summed E-state index contributed by atoms with van der Waals surface area (Å²) in [5, 5.41) is 19.3. The minimum Gasteiger partial charge on any atom is -0.443 e. The molecule has 0 aromatic heterocycles. The van der Waals surface area contributed by atoms with E-state index in [2.05, 4.69) is 9.47 Å². The second kappa shape index (κ2) is 15.6. The minimum atomic E-state index is -4.73. The average Bonchev–Trinajstić information content (AvgIpc) is 3.07. The maximum Gasteiger partial charge on any atom is 0.573 e. The first-order valence-electron chi connectivity index (χ1n) is 17.4. The summed E-state index contributed by atoms with van der Waals surface area (Å²) in [6.45, 7) is 4.64. The Balaban J connectivity index is 0.000000201. The molecule has 16 heteroatoms. The highest BCUT2D eigenvalue weighted by Crippen LogP contribution is 2.41. The quantitative estimate of drug-likeness (QED) is 0.284. The van der Waals surface area contributed by atoms with Crippen molar-refractivity contribution in [3.05, 3.63) is 59.7 Å². The van der Waals surface area contributed by atoms with Gasteiger partial charge in [0.15, 0.2) is 0 Å². The van der Waals surface area contributed by atoms with E-state index in [1.807, 2.05) is 13.8 Å². The van der Waals surface area contributed by atoms with Crippen LogP contribution in [0.4, 0.5) is 35.9 Å². The molecule has 288 valence electrons. The molecule has 4 fully saturated rings. The number of aliphatic hydroxyl groups excluding tert-OH is 2. The Kier molecular flexibility index (Phi) is 11.8. The fourth-order valence-electron chi connectivity index (χ4n) is 7.34. The van der Waals surface area contributed by atoms with Crippen LogP contribution in [-0.4, -0.2) is 81.4 Å². The lowest BCUT2D eigenvalue weighted by Gasteiger charge is -2.45. The largest absolute Gasteiger partial charge is 0.573 e. The van der Waals surface area contributed by atoms with Crippen LogP contribution in [0.2, 0.25) is 0 Å². The Morgan fingerprint density at radius 2 is 0.923 bits per heavy atom. The molecule has 0 bridgehead atoms. The van der Waals surface area contributed by atoms with Crippen LogP contribution < -0.4 is 9.47 Å². The molecule has 0 radical (unpaired) electrons. The highest BCUT2D eigenvalue weighted by atomic mass is 19.4. The molecule has 6 rings (SSSR count). The molecular weight excluding hydrogens is 702 g/mol. The van der Waals surface area contributed by atoms with Crippen LogP contribution in [0.15, 0.2) is 48.5 Å². The SMILES string of the molecule is C[C@@H](c1ccc(OC(F)(F)F)cc1)N1CCC2(CCC(O)CC2)OC1=O.C[C@@H](c1ccc(OC(F)(F)F)cc1)N1CCC2(CCC(O)CC2)OC1=O. The van der Waals surface area contributed by atoms with Gasteiger partial charge < -0.3 is 39.0 Å². The summed E-state index contributed by atoms with van der Waals surface area (Å²) < 4.78 is 92.5. The maximum atomic E-state index is 12.5. The van der Waals surface area contributed by atoms with Crippen LogP contribution in [-0.2, 0) is 9.47 Å². The Morgan fingerprint density at radius 3 is 1.19 bits per heavy atom. The second-order valence-corrected chi connectivity index (χ2v) is 14.0. The van der Waals surface area contributed by atoms with Gasteiger partial charge in [0.1, 0.15) is 22.7 Å². The van der Waals surface area contributed by atoms with Crippen molar-refractivity contribution >= 4 is 12.2 Å². The van der Waals surface area contributed by atoms with E-state index in [1.165, 1.54) is 48.5 Å². The number of amides is 2. The van der Waals surface area contributed by atoms with Crippen molar-refractivity contribution < 1.29 is 65.1 Å². The van der Waals surface area contributed by atoms with Gasteiger partial charge in [0.05, 0.1) is 24.3 Å². The molecule has 2 heterocycles. The molecule has 52 heavy (non-hydrogen) atoms. The number of carbonyl (C=O) groups is 2. The molecule has 2 aliphatic carbocycles. The molecule has 2 aromatic rings. The van der Waals surface area contributed by atoms with E-state index in [0.717, 1.165) is 0 Å². The number of carbonyl (C=O) groups excluding carboxylic acids is 2. The molecule has 2 atom stereocenters. The van der Waals surface area contributed by atoms with Gasteiger partial charge in [-0.05, 0) is 101 Å². The van der Waals surface area contributed by atoms with Crippen LogP contribution >= 0.6 is 0 Å². The van der Waals surface area contributed by atoms with Gasteiger partial charge in [0, 0.05) is 25.9 Å². The summed E-state index contributed by atoms with van der Waals surface area (Å²) in [6.07, 6.45) is -4.43. The number of benzene rings is 2. The predicted octanol–water partition coefficient (Wildman–Crippen LogP) is 8.32. The normalized spacial score (nSPS) is 28.0. The summed E-state index contributed by atoms with van der Waals surface area (Å²) in [5.41, 5.74) is 0.423. The van der Waals surface area contributed by atoms with E-state index in [4.69, 9.17) is 9.47 Å². The van der Waals surface area contributed by atoms with Gasteiger partial charge in [-0.2, -0.15) is 0 Å². The van der Waals surface area contributed by atoms with E-state index in [1.54, 1.807) is 9.80 Å². The Labute approximate surface area is 297 Å². The first-order chi connectivity index (χ1) is 24.3. The molecule has 0 unspecified atom stereocenters. The van der Waals surface area contributed by atoms with Crippen LogP contribution in [0.25, 0.3) is 0 Å². The van der Waals surface area contributed by atoms with Crippen molar-refractivity contribution in [3.8, 4) is 11.5 Å². The predicted molar refractivity (Wildman–Crippen MR) is 173 cm³/mol. The number of rotatable bonds is 6. The number of hydrogen-bond acceptors (Lipinski definition) is 8.